The van der Waals surface area contributed by atoms with Gasteiger partial charge in [0.2, 0.25) is 11.7 Å². The van der Waals surface area contributed by atoms with Crippen LogP contribution in [-0.4, -0.2) is 28.6 Å². The van der Waals surface area contributed by atoms with Gasteiger partial charge in [0, 0.05) is 24.2 Å². The number of rotatable bonds is 5. The summed E-state index contributed by atoms with van der Waals surface area (Å²) in [5.74, 6) is 0.0947. The summed E-state index contributed by atoms with van der Waals surface area (Å²) in [6, 6.07) is 13.9. The molecule has 0 unspecified atom stereocenters. The minimum Gasteiger partial charge on any atom is -0.452 e. The number of anilines is 1. The smallest absolute Gasteiger partial charge is 0.338 e. The molecule has 0 spiro atoms. The molecule has 0 atom stereocenters. The number of hydrogen-bond donors (Lipinski definition) is 0. The third kappa shape index (κ3) is 4.30. The fraction of sp³-hybridized carbons (Fsp3) is 0.238. The van der Waals surface area contributed by atoms with E-state index in [1.54, 1.807) is 47.4 Å². The highest BCUT2D eigenvalue weighted by Gasteiger charge is 2.20. The number of esters is 1. The van der Waals surface area contributed by atoms with Gasteiger partial charge in [0.05, 0.1) is 10.6 Å². The summed E-state index contributed by atoms with van der Waals surface area (Å²) in [5, 5.41) is 4.37. The molecule has 148 valence electrons. The first kappa shape index (κ1) is 19.1. The first-order valence-electron chi connectivity index (χ1n) is 9.27. The van der Waals surface area contributed by atoms with Gasteiger partial charge in [-0.25, -0.2) is 4.79 Å². The van der Waals surface area contributed by atoms with Gasteiger partial charge in [0.1, 0.15) is 0 Å². The van der Waals surface area contributed by atoms with E-state index < -0.39 is 5.97 Å². The molecular weight excluding hydrogens is 394 g/mol. The second-order valence-corrected chi connectivity index (χ2v) is 7.02. The number of benzene rings is 2. The van der Waals surface area contributed by atoms with E-state index in [4.69, 9.17) is 20.9 Å². The summed E-state index contributed by atoms with van der Waals surface area (Å²) in [6.07, 6.45) is 2.47. The van der Waals surface area contributed by atoms with Gasteiger partial charge < -0.3 is 14.2 Å². The van der Waals surface area contributed by atoms with Crippen molar-refractivity contribution in [2.75, 3.05) is 11.4 Å². The maximum Gasteiger partial charge on any atom is 0.338 e. The van der Waals surface area contributed by atoms with Gasteiger partial charge in [-0.2, -0.15) is 4.98 Å². The Morgan fingerprint density at radius 1 is 1.14 bits per heavy atom. The van der Waals surface area contributed by atoms with Crippen LogP contribution in [0, 0.1) is 0 Å². The third-order valence-electron chi connectivity index (χ3n) is 4.65. The molecule has 0 radical (unpaired) electrons. The molecular formula is C21H18ClN3O4. The van der Waals surface area contributed by atoms with Crippen LogP contribution in [0.5, 0.6) is 0 Å². The van der Waals surface area contributed by atoms with Gasteiger partial charge in [0.15, 0.2) is 6.61 Å². The molecule has 8 heteroatoms. The van der Waals surface area contributed by atoms with Gasteiger partial charge >= 0.3 is 5.97 Å². The van der Waals surface area contributed by atoms with Crippen LogP contribution >= 0.6 is 11.6 Å². The van der Waals surface area contributed by atoms with Crippen LogP contribution in [-0.2, 0) is 16.1 Å². The lowest BCUT2D eigenvalue weighted by molar-refractivity contribution is -0.119. The number of piperidine rings is 1. The molecule has 2 aromatic carbocycles. The van der Waals surface area contributed by atoms with Crippen LogP contribution in [0.25, 0.3) is 11.4 Å². The lowest BCUT2D eigenvalue weighted by atomic mass is 10.1. The van der Waals surface area contributed by atoms with E-state index in [2.05, 4.69) is 10.1 Å². The van der Waals surface area contributed by atoms with Crippen LogP contribution in [0.3, 0.4) is 0 Å². The Bertz CT molecular complexity index is 1030. The Kier molecular flexibility index (Phi) is 5.57. The molecule has 1 saturated heterocycles. The molecule has 3 aromatic rings. The van der Waals surface area contributed by atoms with Crippen molar-refractivity contribution in [2.45, 2.75) is 25.9 Å². The highest BCUT2D eigenvalue weighted by molar-refractivity contribution is 6.33. The average Bonchev–Trinajstić information content (AvgIpc) is 3.22. The molecule has 2 heterocycles. The third-order valence-corrected chi connectivity index (χ3v) is 4.98. The summed E-state index contributed by atoms with van der Waals surface area (Å²) in [6.45, 7) is 0.552. The Balaban J connectivity index is 1.38. The van der Waals surface area contributed by atoms with Crippen LogP contribution < -0.4 is 4.90 Å². The van der Waals surface area contributed by atoms with Crippen molar-refractivity contribution in [3.8, 4) is 11.4 Å². The SMILES string of the molecule is O=C(OCc1nc(-c2ccccc2Cl)no1)c1ccc(N2CCCCC2=O)cc1. The van der Waals surface area contributed by atoms with E-state index in [0.717, 1.165) is 18.5 Å². The number of amides is 1. The Labute approximate surface area is 172 Å². The minimum atomic E-state index is -0.515. The summed E-state index contributed by atoms with van der Waals surface area (Å²) in [7, 11) is 0. The van der Waals surface area contributed by atoms with Crippen molar-refractivity contribution in [3.63, 3.8) is 0 Å². The average molecular weight is 412 g/mol. The molecule has 0 bridgehead atoms. The van der Waals surface area contributed by atoms with Crippen molar-refractivity contribution in [1.82, 2.24) is 10.1 Å². The van der Waals surface area contributed by atoms with Gasteiger partial charge in [-0.05, 0) is 49.2 Å². The fourth-order valence-corrected chi connectivity index (χ4v) is 3.35. The van der Waals surface area contributed by atoms with E-state index in [1.165, 1.54) is 0 Å². The largest absolute Gasteiger partial charge is 0.452 e. The van der Waals surface area contributed by atoms with Crippen LogP contribution in [0.4, 0.5) is 5.69 Å². The molecule has 1 aliphatic heterocycles. The molecule has 1 fully saturated rings. The van der Waals surface area contributed by atoms with Gasteiger partial charge in [-0.1, -0.05) is 28.9 Å². The molecule has 4 rings (SSSR count). The van der Waals surface area contributed by atoms with Crippen molar-refractivity contribution in [1.29, 1.82) is 0 Å². The van der Waals surface area contributed by atoms with Gasteiger partial charge in [-0.15, -0.1) is 0 Å². The second-order valence-electron chi connectivity index (χ2n) is 6.62. The minimum absolute atomic E-state index is 0.109. The molecule has 7 nitrogen and oxygen atoms in total. The maximum atomic E-state index is 12.3. The van der Waals surface area contributed by atoms with E-state index in [0.29, 0.717) is 34.9 Å². The summed E-state index contributed by atoms with van der Waals surface area (Å²) < 4.78 is 10.4. The van der Waals surface area contributed by atoms with Gasteiger partial charge in [0.25, 0.3) is 5.89 Å². The Morgan fingerprint density at radius 3 is 2.69 bits per heavy atom. The van der Waals surface area contributed by atoms with E-state index in [1.807, 2.05) is 6.07 Å². The van der Waals surface area contributed by atoms with Crippen molar-refractivity contribution >= 4 is 29.2 Å². The predicted octanol–water partition coefficient (Wildman–Crippen LogP) is 4.26. The number of carbonyl (C=O) groups excluding carboxylic acids is 2. The lowest BCUT2D eigenvalue weighted by Crippen LogP contribution is -2.35. The van der Waals surface area contributed by atoms with Crippen LogP contribution in [0.15, 0.2) is 53.1 Å². The number of ether oxygens (including phenoxy) is 1. The van der Waals surface area contributed by atoms with Crippen LogP contribution in [0.2, 0.25) is 5.02 Å². The van der Waals surface area contributed by atoms with Crippen molar-refractivity contribution in [3.05, 3.63) is 65.0 Å². The standard InChI is InChI=1S/C21H18ClN3O4/c22-17-6-2-1-5-16(17)20-23-18(29-24-20)13-28-21(27)14-8-10-15(11-9-14)25-12-4-3-7-19(25)26/h1-2,5-6,8-11H,3-4,7,12-13H2. The molecule has 1 aromatic heterocycles. The first-order valence-corrected chi connectivity index (χ1v) is 9.64. The van der Waals surface area contributed by atoms with E-state index in [-0.39, 0.29) is 18.4 Å². The van der Waals surface area contributed by atoms with Crippen molar-refractivity contribution < 1.29 is 18.8 Å². The molecule has 0 N–H and O–H groups in total. The topological polar surface area (TPSA) is 85.5 Å². The predicted molar refractivity (Wildman–Crippen MR) is 107 cm³/mol. The van der Waals surface area contributed by atoms with E-state index >= 15 is 0 Å². The van der Waals surface area contributed by atoms with Crippen LogP contribution in [0.1, 0.15) is 35.5 Å². The first-order chi connectivity index (χ1) is 14.1. The molecule has 1 amide bonds. The zero-order valence-corrected chi connectivity index (χ0v) is 16.3. The van der Waals surface area contributed by atoms with Gasteiger partial charge in [-0.3, -0.25) is 4.79 Å². The molecule has 1 aliphatic rings. The number of hydrogen-bond acceptors (Lipinski definition) is 6. The summed E-state index contributed by atoms with van der Waals surface area (Å²) in [5.41, 5.74) is 1.80. The monoisotopic (exact) mass is 411 g/mol. The molecule has 0 saturated carbocycles. The Morgan fingerprint density at radius 2 is 1.93 bits per heavy atom. The highest BCUT2D eigenvalue weighted by atomic mass is 35.5. The maximum absolute atomic E-state index is 12.3. The second kappa shape index (κ2) is 8.45. The molecule has 0 aliphatic carbocycles. The number of nitrogens with zero attached hydrogens (tertiary/aromatic N) is 3. The zero-order chi connectivity index (χ0) is 20.2. The summed E-state index contributed by atoms with van der Waals surface area (Å²) in [4.78, 5) is 30.2. The zero-order valence-electron chi connectivity index (χ0n) is 15.5. The quantitative estimate of drug-likeness (QED) is 0.583. The Hall–Kier alpha value is -3.19. The number of aromatic nitrogens is 2. The van der Waals surface area contributed by atoms with Crippen molar-refractivity contribution in [2.24, 2.45) is 0 Å². The van der Waals surface area contributed by atoms with E-state index in [9.17, 15) is 9.59 Å². The number of carbonyl (C=O) groups is 2. The lowest BCUT2D eigenvalue weighted by Gasteiger charge is -2.26. The normalized spacial score (nSPS) is 14.1. The number of halogens is 1. The summed E-state index contributed by atoms with van der Waals surface area (Å²) >= 11 is 6.12. The highest BCUT2D eigenvalue weighted by Crippen LogP contribution is 2.25. The molecule has 29 heavy (non-hydrogen) atoms. The fourth-order valence-electron chi connectivity index (χ4n) is 3.13.